The van der Waals surface area contributed by atoms with E-state index >= 15 is 0 Å². The summed E-state index contributed by atoms with van der Waals surface area (Å²) < 4.78 is 52.6. The number of benzene rings is 1. The molecule has 134 valence electrons. The molecule has 0 fully saturated rings. The first kappa shape index (κ1) is 18.4. The third-order valence-electron chi connectivity index (χ3n) is 3.63. The van der Waals surface area contributed by atoms with Crippen molar-refractivity contribution in [2.45, 2.75) is 25.0 Å². The summed E-state index contributed by atoms with van der Waals surface area (Å²) in [5, 5.41) is 13.7. The van der Waals surface area contributed by atoms with Gasteiger partial charge in [-0.25, -0.2) is 17.6 Å². The van der Waals surface area contributed by atoms with Crippen LogP contribution in [0.15, 0.2) is 23.3 Å². The molecule has 0 bridgehead atoms. The summed E-state index contributed by atoms with van der Waals surface area (Å²) >= 11 is 13.0. The molecule has 2 heterocycles. The van der Waals surface area contributed by atoms with Crippen molar-refractivity contribution in [1.29, 1.82) is 0 Å². The Hall–Kier alpha value is -1.42. The van der Waals surface area contributed by atoms with Gasteiger partial charge in [0.05, 0.1) is 10.0 Å². The highest BCUT2D eigenvalue weighted by Gasteiger charge is 2.54. The topological polar surface area (TPSA) is 52.9 Å². The predicted molar refractivity (Wildman–Crippen MR) is 87.0 cm³/mol. The number of carbonyl (C=O) groups is 1. The van der Waals surface area contributed by atoms with E-state index in [-0.39, 0.29) is 19.9 Å². The number of aliphatic hydroxyl groups is 1. The molecule has 4 nitrogen and oxygen atoms in total. The zero-order valence-electron chi connectivity index (χ0n) is 12.0. The number of nitrogens with zero attached hydrogens (tertiary/aromatic N) is 2. The molecule has 1 aromatic carbocycles. The highest BCUT2D eigenvalue weighted by Crippen LogP contribution is 2.42. The number of amides is 1. The Morgan fingerprint density at radius 2 is 2.00 bits per heavy atom. The van der Waals surface area contributed by atoms with Crippen LogP contribution in [-0.4, -0.2) is 40.3 Å². The van der Waals surface area contributed by atoms with Crippen molar-refractivity contribution in [3.63, 3.8) is 0 Å². The fraction of sp³-hybridized carbons (Fsp3) is 0.286. The van der Waals surface area contributed by atoms with Crippen LogP contribution < -0.4 is 0 Å². The molecule has 2 aromatic rings. The molecule has 0 aliphatic carbocycles. The Morgan fingerprint density at radius 1 is 1.32 bits per heavy atom. The van der Waals surface area contributed by atoms with Crippen LogP contribution >= 0.6 is 34.5 Å². The predicted octanol–water partition coefficient (Wildman–Crippen LogP) is 4.63. The highest BCUT2D eigenvalue weighted by molar-refractivity contribution is 7.21. The van der Waals surface area contributed by atoms with Crippen molar-refractivity contribution in [2.75, 3.05) is 0 Å². The quantitative estimate of drug-likeness (QED) is 0.744. The van der Waals surface area contributed by atoms with Gasteiger partial charge in [-0.1, -0.05) is 29.3 Å². The number of fused-ring (bicyclic) bond motifs is 1. The summed E-state index contributed by atoms with van der Waals surface area (Å²) in [7, 11) is 0. The Kier molecular flexibility index (Phi) is 4.69. The van der Waals surface area contributed by atoms with E-state index in [2.05, 4.69) is 5.10 Å². The van der Waals surface area contributed by atoms with Gasteiger partial charge in [0.1, 0.15) is 10.6 Å². The largest absolute Gasteiger partial charge is 0.364 e. The van der Waals surface area contributed by atoms with Gasteiger partial charge >= 0.3 is 0 Å². The molecular weight excluding hydrogens is 407 g/mol. The zero-order chi connectivity index (χ0) is 18.5. The average Bonchev–Trinajstić information content (AvgIpc) is 3.07. The third-order valence-corrected chi connectivity index (χ3v) is 5.58. The number of thiophene rings is 1. The van der Waals surface area contributed by atoms with Crippen molar-refractivity contribution in [1.82, 2.24) is 5.01 Å². The lowest BCUT2D eigenvalue weighted by Crippen LogP contribution is -2.51. The maximum absolute atomic E-state index is 13.2. The van der Waals surface area contributed by atoms with E-state index in [9.17, 15) is 27.5 Å². The van der Waals surface area contributed by atoms with E-state index in [4.69, 9.17) is 23.2 Å². The summed E-state index contributed by atoms with van der Waals surface area (Å²) in [4.78, 5) is 12.4. The Bertz CT molecular complexity index is 889. The van der Waals surface area contributed by atoms with Crippen LogP contribution in [0.25, 0.3) is 10.1 Å². The minimum Gasteiger partial charge on any atom is -0.364 e. The van der Waals surface area contributed by atoms with E-state index in [1.807, 2.05) is 0 Å². The number of hydrogen-bond acceptors (Lipinski definition) is 4. The third kappa shape index (κ3) is 2.88. The number of rotatable bonds is 3. The van der Waals surface area contributed by atoms with Crippen LogP contribution in [0.2, 0.25) is 10.0 Å². The van der Waals surface area contributed by atoms with Gasteiger partial charge in [0, 0.05) is 16.5 Å². The molecule has 1 amide bonds. The smallest absolute Gasteiger partial charge is 0.288 e. The zero-order valence-corrected chi connectivity index (χ0v) is 14.3. The van der Waals surface area contributed by atoms with Gasteiger partial charge in [-0.2, -0.15) is 10.1 Å². The second-order valence-electron chi connectivity index (χ2n) is 5.22. The molecular formula is C14H8Cl2F4N2O2S. The van der Waals surface area contributed by atoms with Crippen LogP contribution in [0.1, 0.15) is 16.1 Å². The first-order chi connectivity index (χ1) is 11.7. The second kappa shape index (κ2) is 6.39. The average molecular weight is 415 g/mol. The Labute approximate surface area is 152 Å². The first-order valence-electron chi connectivity index (χ1n) is 6.74. The lowest BCUT2D eigenvalue weighted by molar-refractivity contribution is -0.164. The highest BCUT2D eigenvalue weighted by atomic mass is 35.5. The van der Waals surface area contributed by atoms with E-state index in [1.165, 1.54) is 6.07 Å². The standard InChI is InChI=1S/C14H8Cl2F4N2O2S/c15-5-2-1-3-7-8(5)9(16)10(25-7)12(23)22-14(24,13(19)20)4-6(21-22)11(17)18/h1-3,11,13,24H,4H2. The van der Waals surface area contributed by atoms with Crippen LogP contribution in [-0.2, 0) is 0 Å². The van der Waals surface area contributed by atoms with E-state index < -0.39 is 36.6 Å². The van der Waals surface area contributed by atoms with Crippen molar-refractivity contribution < 1.29 is 27.5 Å². The van der Waals surface area contributed by atoms with Gasteiger partial charge in [0.25, 0.3) is 18.8 Å². The molecule has 0 spiro atoms. The summed E-state index contributed by atoms with van der Waals surface area (Å²) in [6.45, 7) is 0. The molecule has 3 rings (SSSR count). The summed E-state index contributed by atoms with van der Waals surface area (Å²) in [6.07, 6.45) is -7.85. The van der Waals surface area contributed by atoms with E-state index in [0.717, 1.165) is 11.3 Å². The second-order valence-corrected chi connectivity index (χ2v) is 7.06. The number of hydrazone groups is 1. The molecule has 1 unspecified atom stereocenters. The first-order valence-corrected chi connectivity index (χ1v) is 8.31. The summed E-state index contributed by atoms with van der Waals surface area (Å²) in [5.74, 6) is -1.21. The monoisotopic (exact) mass is 414 g/mol. The molecule has 25 heavy (non-hydrogen) atoms. The lowest BCUT2D eigenvalue weighted by Gasteiger charge is -2.29. The molecule has 1 aliphatic rings. The molecule has 0 radical (unpaired) electrons. The fourth-order valence-electron chi connectivity index (χ4n) is 2.41. The summed E-state index contributed by atoms with van der Waals surface area (Å²) in [6, 6.07) is 4.73. The number of hydrogen-bond donors (Lipinski definition) is 1. The summed E-state index contributed by atoms with van der Waals surface area (Å²) in [5.41, 5.74) is -4.17. The number of halogens is 6. The molecule has 1 atom stereocenters. The number of alkyl halides is 4. The molecule has 1 N–H and O–H groups in total. The molecule has 11 heteroatoms. The van der Waals surface area contributed by atoms with Crippen LogP contribution in [0.5, 0.6) is 0 Å². The SMILES string of the molecule is O=C(c1sc2cccc(Cl)c2c1Cl)N1N=C(C(F)F)CC1(O)C(F)F. The van der Waals surface area contributed by atoms with Gasteiger partial charge in [-0.15, -0.1) is 11.3 Å². The lowest BCUT2D eigenvalue weighted by atomic mass is 10.1. The van der Waals surface area contributed by atoms with Crippen molar-refractivity contribution in [3.05, 3.63) is 33.1 Å². The van der Waals surface area contributed by atoms with Gasteiger partial charge in [0.2, 0.25) is 5.72 Å². The van der Waals surface area contributed by atoms with E-state index in [1.54, 1.807) is 12.1 Å². The molecule has 1 aromatic heterocycles. The van der Waals surface area contributed by atoms with Crippen molar-refractivity contribution in [3.8, 4) is 0 Å². The Balaban J connectivity index is 2.10. The van der Waals surface area contributed by atoms with Gasteiger partial charge in [0.15, 0.2) is 0 Å². The van der Waals surface area contributed by atoms with Crippen LogP contribution in [0.3, 0.4) is 0 Å². The minimum absolute atomic E-state index is 0.0241. The minimum atomic E-state index is -3.51. The number of carbonyl (C=O) groups excluding carboxylic acids is 1. The van der Waals surface area contributed by atoms with Crippen molar-refractivity contribution in [2.24, 2.45) is 5.10 Å². The molecule has 0 saturated carbocycles. The molecule has 0 saturated heterocycles. The molecule has 1 aliphatic heterocycles. The normalized spacial score (nSPS) is 20.8. The van der Waals surface area contributed by atoms with Gasteiger partial charge in [-0.05, 0) is 12.1 Å². The Morgan fingerprint density at radius 3 is 2.56 bits per heavy atom. The van der Waals surface area contributed by atoms with Gasteiger partial charge < -0.3 is 5.11 Å². The fourth-order valence-corrected chi connectivity index (χ4v) is 4.28. The maximum atomic E-state index is 13.2. The van der Waals surface area contributed by atoms with E-state index in [0.29, 0.717) is 10.1 Å². The van der Waals surface area contributed by atoms with Crippen LogP contribution in [0, 0.1) is 0 Å². The van der Waals surface area contributed by atoms with Gasteiger partial charge in [-0.3, -0.25) is 4.79 Å². The van der Waals surface area contributed by atoms with Crippen molar-refractivity contribution >= 4 is 56.2 Å². The van der Waals surface area contributed by atoms with Crippen LogP contribution in [0.4, 0.5) is 17.6 Å². The maximum Gasteiger partial charge on any atom is 0.288 e.